The van der Waals surface area contributed by atoms with Crippen molar-refractivity contribution in [3.05, 3.63) is 34.1 Å². The molecule has 0 saturated carbocycles. The zero-order valence-corrected chi connectivity index (χ0v) is 6.75. The van der Waals surface area contributed by atoms with E-state index in [0.717, 1.165) is 0 Å². The van der Waals surface area contributed by atoms with Gasteiger partial charge in [-0.2, -0.15) is 0 Å². The Labute approximate surface area is 68.8 Å². The molecule has 0 heterocycles. The van der Waals surface area contributed by atoms with Gasteiger partial charge in [-0.1, -0.05) is 17.7 Å². The number of halogens is 3. The van der Waals surface area contributed by atoms with Crippen molar-refractivity contribution in [3.8, 4) is 0 Å². The van der Waals surface area contributed by atoms with Gasteiger partial charge < -0.3 is 0 Å². The molecule has 1 rings (SSSR count). The van der Waals surface area contributed by atoms with Gasteiger partial charge in [0, 0.05) is 0 Å². The standard InChI is InChI=1S/C8H7ClF2/c1-5-6(4-10)2-3-7(11)8(5)9/h2-3H,4H2,1H3. The van der Waals surface area contributed by atoms with Gasteiger partial charge in [-0.3, -0.25) is 0 Å². The van der Waals surface area contributed by atoms with Crippen LogP contribution in [0.15, 0.2) is 12.1 Å². The van der Waals surface area contributed by atoms with Gasteiger partial charge in [0.15, 0.2) is 0 Å². The smallest absolute Gasteiger partial charge is 0.142 e. The summed E-state index contributed by atoms with van der Waals surface area (Å²) in [5.41, 5.74) is 0.922. The molecule has 0 atom stereocenters. The summed E-state index contributed by atoms with van der Waals surface area (Å²) in [5, 5.41) is 0.0140. The van der Waals surface area contributed by atoms with Crippen LogP contribution in [0.1, 0.15) is 11.1 Å². The number of hydrogen-bond acceptors (Lipinski definition) is 0. The summed E-state index contributed by atoms with van der Waals surface area (Å²) in [6, 6.07) is 2.57. The van der Waals surface area contributed by atoms with Gasteiger partial charge in [0.2, 0.25) is 0 Å². The molecule has 0 aliphatic rings. The summed E-state index contributed by atoms with van der Waals surface area (Å²) in [7, 11) is 0. The second-order valence-corrected chi connectivity index (χ2v) is 2.66. The topological polar surface area (TPSA) is 0 Å². The van der Waals surface area contributed by atoms with E-state index in [2.05, 4.69) is 0 Å². The summed E-state index contributed by atoms with van der Waals surface area (Å²) >= 11 is 5.52. The molecule has 11 heavy (non-hydrogen) atoms. The molecule has 0 fully saturated rings. The van der Waals surface area contributed by atoms with Crippen molar-refractivity contribution in [1.82, 2.24) is 0 Å². The first-order valence-electron chi connectivity index (χ1n) is 3.16. The van der Waals surface area contributed by atoms with Crippen LogP contribution in [-0.2, 0) is 6.67 Å². The molecule has 0 bridgehead atoms. The monoisotopic (exact) mass is 176 g/mol. The predicted octanol–water partition coefficient (Wildman–Crippen LogP) is 3.26. The summed E-state index contributed by atoms with van der Waals surface area (Å²) in [6.45, 7) is 0.992. The molecule has 0 aromatic heterocycles. The van der Waals surface area contributed by atoms with Crippen LogP contribution in [0.3, 0.4) is 0 Å². The molecular weight excluding hydrogens is 170 g/mol. The summed E-state index contributed by atoms with van der Waals surface area (Å²) in [6.07, 6.45) is 0. The molecule has 0 amide bonds. The first-order valence-corrected chi connectivity index (χ1v) is 3.54. The fourth-order valence-electron chi connectivity index (χ4n) is 0.837. The van der Waals surface area contributed by atoms with Crippen LogP contribution in [0, 0.1) is 12.7 Å². The van der Waals surface area contributed by atoms with Crippen LogP contribution in [0.4, 0.5) is 8.78 Å². The maximum absolute atomic E-state index is 12.6. The van der Waals surface area contributed by atoms with Crippen molar-refractivity contribution < 1.29 is 8.78 Å². The lowest BCUT2D eigenvalue weighted by Gasteiger charge is -2.03. The normalized spacial score (nSPS) is 10.2. The highest BCUT2D eigenvalue weighted by atomic mass is 35.5. The van der Waals surface area contributed by atoms with Crippen molar-refractivity contribution in [2.24, 2.45) is 0 Å². The molecule has 1 aromatic rings. The molecule has 0 spiro atoms. The van der Waals surface area contributed by atoms with Crippen LogP contribution >= 0.6 is 11.6 Å². The van der Waals surface area contributed by atoms with E-state index in [4.69, 9.17) is 11.6 Å². The SMILES string of the molecule is Cc1c(CF)ccc(F)c1Cl. The van der Waals surface area contributed by atoms with Crippen molar-refractivity contribution in [1.29, 1.82) is 0 Å². The predicted molar refractivity (Wildman–Crippen MR) is 41.0 cm³/mol. The Morgan fingerprint density at radius 1 is 1.45 bits per heavy atom. The molecule has 0 saturated heterocycles. The molecule has 1 aromatic carbocycles. The number of rotatable bonds is 1. The quantitative estimate of drug-likeness (QED) is 0.616. The summed E-state index contributed by atoms with van der Waals surface area (Å²) in [5.74, 6) is -0.499. The molecule has 0 aliphatic carbocycles. The molecule has 0 radical (unpaired) electrons. The fraction of sp³-hybridized carbons (Fsp3) is 0.250. The van der Waals surface area contributed by atoms with E-state index in [9.17, 15) is 8.78 Å². The highest BCUT2D eigenvalue weighted by molar-refractivity contribution is 6.31. The lowest BCUT2D eigenvalue weighted by molar-refractivity contribution is 0.482. The molecule has 60 valence electrons. The Kier molecular flexibility index (Phi) is 2.45. The highest BCUT2D eigenvalue weighted by Gasteiger charge is 2.06. The van der Waals surface area contributed by atoms with Gasteiger partial charge in [-0.25, -0.2) is 8.78 Å². The lowest BCUT2D eigenvalue weighted by Crippen LogP contribution is -1.89. The zero-order valence-electron chi connectivity index (χ0n) is 6.00. The third-order valence-electron chi connectivity index (χ3n) is 1.60. The maximum Gasteiger partial charge on any atom is 0.142 e. The Balaban J connectivity index is 3.25. The minimum atomic E-state index is -0.605. The van der Waals surface area contributed by atoms with E-state index < -0.39 is 12.5 Å². The first-order chi connectivity index (χ1) is 5.16. The number of alkyl halides is 1. The van der Waals surface area contributed by atoms with E-state index in [0.29, 0.717) is 11.1 Å². The third-order valence-corrected chi connectivity index (χ3v) is 2.06. The van der Waals surface area contributed by atoms with E-state index in [-0.39, 0.29) is 5.02 Å². The largest absolute Gasteiger partial charge is 0.246 e. The minimum absolute atomic E-state index is 0.0140. The van der Waals surface area contributed by atoms with Crippen LogP contribution in [0.5, 0.6) is 0 Å². The van der Waals surface area contributed by atoms with Crippen LogP contribution < -0.4 is 0 Å². The first kappa shape index (κ1) is 8.47. The third kappa shape index (κ3) is 1.51. The zero-order chi connectivity index (χ0) is 8.43. The molecule has 0 nitrogen and oxygen atoms in total. The molecular formula is C8H7ClF2. The summed E-state index contributed by atoms with van der Waals surface area (Å²) < 4.78 is 24.8. The highest BCUT2D eigenvalue weighted by Crippen LogP contribution is 2.22. The molecule has 0 aliphatic heterocycles. The van der Waals surface area contributed by atoms with E-state index in [1.807, 2.05) is 0 Å². The average Bonchev–Trinajstić information content (AvgIpc) is 2.01. The van der Waals surface area contributed by atoms with Crippen molar-refractivity contribution in [2.45, 2.75) is 13.6 Å². The fourth-order valence-corrected chi connectivity index (χ4v) is 1.02. The molecule has 3 heteroatoms. The maximum atomic E-state index is 12.6. The Morgan fingerprint density at radius 2 is 2.09 bits per heavy atom. The Bertz CT molecular complexity index is 271. The van der Waals surface area contributed by atoms with Crippen LogP contribution in [0.2, 0.25) is 5.02 Å². The summed E-state index contributed by atoms with van der Waals surface area (Å²) in [4.78, 5) is 0. The second kappa shape index (κ2) is 3.18. The van der Waals surface area contributed by atoms with E-state index in [1.165, 1.54) is 12.1 Å². The lowest BCUT2D eigenvalue weighted by atomic mass is 10.1. The van der Waals surface area contributed by atoms with Gasteiger partial charge in [0.05, 0.1) is 5.02 Å². The van der Waals surface area contributed by atoms with Gasteiger partial charge in [0.25, 0.3) is 0 Å². The van der Waals surface area contributed by atoms with Crippen molar-refractivity contribution in [2.75, 3.05) is 0 Å². The second-order valence-electron chi connectivity index (χ2n) is 2.28. The van der Waals surface area contributed by atoms with Gasteiger partial charge in [0.1, 0.15) is 12.5 Å². The van der Waals surface area contributed by atoms with Gasteiger partial charge in [-0.15, -0.1) is 0 Å². The molecule has 0 N–H and O–H groups in total. The van der Waals surface area contributed by atoms with Gasteiger partial charge >= 0.3 is 0 Å². The van der Waals surface area contributed by atoms with Crippen LogP contribution in [-0.4, -0.2) is 0 Å². The molecule has 0 unspecified atom stereocenters. The minimum Gasteiger partial charge on any atom is -0.246 e. The van der Waals surface area contributed by atoms with Crippen LogP contribution in [0.25, 0.3) is 0 Å². The van der Waals surface area contributed by atoms with E-state index >= 15 is 0 Å². The number of benzene rings is 1. The van der Waals surface area contributed by atoms with Crippen molar-refractivity contribution >= 4 is 11.6 Å². The van der Waals surface area contributed by atoms with Crippen molar-refractivity contribution in [3.63, 3.8) is 0 Å². The van der Waals surface area contributed by atoms with Gasteiger partial charge in [-0.05, 0) is 24.1 Å². The average molecular weight is 177 g/mol. The van der Waals surface area contributed by atoms with E-state index in [1.54, 1.807) is 6.92 Å². The Hall–Kier alpha value is -0.630. The number of hydrogen-bond donors (Lipinski definition) is 0. The Morgan fingerprint density at radius 3 is 2.64 bits per heavy atom.